The van der Waals surface area contributed by atoms with Gasteiger partial charge in [-0.1, -0.05) is 12.1 Å². The van der Waals surface area contributed by atoms with E-state index in [-0.39, 0.29) is 24.8 Å². The van der Waals surface area contributed by atoms with E-state index in [0.29, 0.717) is 32.1 Å². The minimum atomic E-state index is -0.805. The van der Waals surface area contributed by atoms with Crippen LogP contribution in [0.3, 0.4) is 0 Å². The molecule has 1 N–H and O–H groups in total. The summed E-state index contributed by atoms with van der Waals surface area (Å²) < 4.78 is 10.3. The molecule has 2 aliphatic rings. The van der Waals surface area contributed by atoms with E-state index in [9.17, 15) is 14.4 Å². The summed E-state index contributed by atoms with van der Waals surface area (Å²) in [6, 6.07) is 5.86. The van der Waals surface area contributed by atoms with E-state index in [0.717, 1.165) is 10.5 Å². The average Bonchev–Trinajstić information content (AvgIpc) is 2.90. The molecule has 2 saturated heterocycles. The number of hydrogen-bond donors (Lipinski definition) is 1. The molecule has 2 aliphatic heterocycles. The summed E-state index contributed by atoms with van der Waals surface area (Å²) in [5, 5.41) is 2.60. The Morgan fingerprint density at radius 3 is 2.56 bits per heavy atom. The third-order valence-corrected chi connectivity index (χ3v) is 4.35. The highest BCUT2D eigenvalue weighted by atomic mass is 16.5. The molecule has 8 heteroatoms. The highest BCUT2D eigenvalue weighted by Crippen LogP contribution is 2.17. The van der Waals surface area contributed by atoms with Gasteiger partial charge in [-0.15, -0.1) is 0 Å². The molecule has 1 atom stereocenters. The van der Waals surface area contributed by atoms with Gasteiger partial charge in [0.1, 0.15) is 11.8 Å². The predicted octanol–water partition coefficient (Wildman–Crippen LogP) is 0.365. The van der Waals surface area contributed by atoms with Crippen molar-refractivity contribution in [3.05, 3.63) is 29.8 Å². The minimum absolute atomic E-state index is 0.0241. The number of carbonyl (C=O) groups excluding carboxylic acids is 3. The van der Waals surface area contributed by atoms with E-state index in [1.54, 1.807) is 36.3 Å². The topological polar surface area (TPSA) is 88.2 Å². The number of urea groups is 1. The lowest BCUT2D eigenvalue weighted by Gasteiger charge is -2.27. The number of carbonyl (C=O) groups is 3. The quantitative estimate of drug-likeness (QED) is 0.777. The molecule has 0 aromatic heterocycles. The minimum Gasteiger partial charge on any atom is -0.497 e. The van der Waals surface area contributed by atoms with Crippen LogP contribution in [0.2, 0.25) is 0 Å². The zero-order valence-electron chi connectivity index (χ0n) is 14.1. The van der Waals surface area contributed by atoms with Crippen LogP contribution in [0.15, 0.2) is 24.3 Å². The summed E-state index contributed by atoms with van der Waals surface area (Å²) in [4.78, 5) is 39.7. The Hall–Kier alpha value is -2.61. The van der Waals surface area contributed by atoms with Crippen molar-refractivity contribution in [1.29, 1.82) is 0 Å². The summed E-state index contributed by atoms with van der Waals surface area (Å²) in [6.45, 7) is 2.20. The molecule has 1 aromatic rings. The predicted molar refractivity (Wildman–Crippen MR) is 87.9 cm³/mol. The molecule has 0 aliphatic carbocycles. The number of ether oxygens (including phenoxy) is 2. The van der Waals surface area contributed by atoms with Crippen molar-refractivity contribution in [2.45, 2.75) is 19.0 Å². The number of amides is 4. The first-order valence-corrected chi connectivity index (χ1v) is 8.19. The van der Waals surface area contributed by atoms with Crippen LogP contribution in [-0.4, -0.2) is 67.1 Å². The van der Waals surface area contributed by atoms with Crippen molar-refractivity contribution in [2.75, 3.05) is 33.4 Å². The number of imide groups is 1. The number of hydrogen-bond acceptors (Lipinski definition) is 5. The maximum absolute atomic E-state index is 12.5. The standard InChI is InChI=1S/C17H21N3O5/c1-24-13-4-2-12(3-5-13)11-20-16(22)14(18-17(20)23)10-15(21)19-6-8-25-9-7-19/h2-5,14H,6-11H2,1H3,(H,18,23). The van der Waals surface area contributed by atoms with Crippen LogP contribution in [0, 0.1) is 0 Å². The normalized spacial score (nSPS) is 20.6. The lowest BCUT2D eigenvalue weighted by atomic mass is 10.1. The third kappa shape index (κ3) is 3.90. The third-order valence-electron chi connectivity index (χ3n) is 4.35. The van der Waals surface area contributed by atoms with Crippen molar-refractivity contribution in [3.63, 3.8) is 0 Å². The Morgan fingerprint density at radius 1 is 1.24 bits per heavy atom. The summed E-state index contributed by atoms with van der Waals surface area (Å²) in [7, 11) is 1.57. The molecule has 8 nitrogen and oxygen atoms in total. The number of methoxy groups -OCH3 is 1. The summed E-state index contributed by atoms with van der Waals surface area (Å²) in [5.74, 6) is 0.186. The highest BCUT2D eigenvalue weighted by Gasteiger charge is 2.39. The van der Waals surface area contributed by atoms with Crippen LogP contribution in [0.25, 0.3) is 0 Å². The molecule has 4 amide bonds. The van der Waals surface area contributed by atoms with Gasteiger partial charge in [-0.05, 0) is 17.7 Å². The van der Waals surface area contributed by atoms with Crippen molar-refractivity contribution in [2.24, 2.45) is 0 Å². The first-order chi connectivity index (χ1) is 12.1. The number of morpholine rings is 1. The molecular formula is C17H21N3O5. The van der Waals surface area contributed by atoms with Gasteiger partial charge in [0.15, 0.2) is 0 Å². The number of rotatable bonds is 5. The number of benzene rings is 1. The molecule has 3 rings (SSSR count). The smallest absolute Gasteiger partial charge is 0.325 e. The number of nitrogens with zero attached hydrogens (tertiary/aromatic N) is 2. The van der Waals surface area contributed by atoms with Gasteiger partial charge in [0, 0.05) is 13.1 Å². The second-order valence-electron chi connectivity index (χ2n) is 5.97. The fourth-order valence-electron chi connectivity index (χ4n) is 2.89. The van der Waals surface area contributed by atoms with E-state index in [2.05, 4.69) is 5.32 Å². The largest absolute Gasteiger partial charge is 0.497 e. The summed E-state index contributed by atoms with van der Waals surface area (Å²) in [5.41, 5.74) is 0.810. The van der Waals surface area contributed by atoms with E-state index in [4.69, 9.17) is 9.47 Å². The molecule has 0 saturated carbocycles. The fraction of sp³-hybridized carbons (Fsp3) is 0.471. The van der Waals surface area contributed by atoms with Crippen LogP contribution < -0.4 is 10.1 Å². The first kappa shape index (κ1) is 17.2. The lowest BCUT2D eigenvalue weighted by molar-refractivity contribution is -0.138. The van der Waals surface area contributed by atoms with E-state index in [1.807, 2.05) is 0 Å². The molecule has 0 radical (unpaired) electrons. The first-order valence-electron chi connectivity index (χ1n) is 8.19. The van der Waals surface area contributed by atoms with Crippen LogP contribution in [-0.2, 0) is 20.9 Å². The Bertz CT molecular complexity index is 655. The molecule has 134 valence electrons. The van der Waals surface area contributed by atoms with Gasteiger partial charge in [-0.3, -0.25) is 14.5 Å². The molecule has 0 spiro atoms. The average molecular weight is 347 g/mol. The Labute approximate surface area is 145 Å². The second-order valence-corrected chi connectivity index (χ2v) is 5.97. The lowest BCUT2D eigenvalue weighted by Crippen LogP contribution is -2.44. The van der Waals surface area contributed by atoms with Crippen LogP contribution in [0.1, 0.15) is 12.0 Å². The molecule has 2 fully saturated rings. The second kappa shape index (κ2) is 7.52. The molecule has 2 heterocycles. The molecular weight excluding hydrogens is 326 g/mol. The summed E-state index contributed by atoms with van der Waals surface area (Å²) in [6.07, 6.45) is -0.0241. The van der Waals surface area contributed by atoms with Gasteiger partial charge in [-0.25, -0.2) is 4.79 Å². The van der Waals surface area contributed by atoms with E-state index in [1.165, 1.54) is 0 Å². The van der Waals surface area contributed by atoms with Crippen molar-refractivity contribution >= 4 is 17.8 Å². The zero-order valence-corrected chi connectivity index (χ0v) is 14.1. The molecule has 1 aromatic carbocycles. The molecule has 0 bridgehead atoms. The maximum atomic E-state index is 12.5. The van der Waals surface area contributed by atoms with Crippen molar-refractivity contribution in [3.8, 4) is 5.75 Å². The van der Waals surface area contributed by atoms with E-state index >= 15 is 0 Å². The van der Waals surface area contributed by atoms with Gasteiger partial charge in [-0.2, -0.15) is 0 Å². The van der Waals surface area contributed by atoms with Crippen LogP contribution in [0.5, 0.6) is 5.75 Å². The highest BCUT2D eigenvalue weighted by molar-refractivity contribution is 6.05. The van der Waals surface area contributed by atoms with Crippen LogP contribution >= 0.6 is 0 Å². The van der Waals surface area contributed by atoms with Crippen molar-refractivity contribution in [1.82, 2.24) is 15.1 Å². The molecule has 1 unspecified atom stereocenters. The van der Waals surface area contributed by atoms with Gasteiger partial charge in [0.25, 0.3) is 5.91 Å². The Balaban J connectivity index is 1.60. The van der Waals surface area contributed by atoms with Gasteiger partial charge in [0.05, 0.1) is 33.3 Å². The SMILES string of the molecule is COc1ccc(CN2C(=O)NC(CC(=O)N3CCOCC3)C2=O)cc1. The van der Waals surface area contributed by atoms with Gasteiger partial charge in [0.2, 0.25) is 5.91 Å². The molecule has 25 heavy (non-hydrogen) atoms. The monoisotopic (exact) mass is 347 g/mol. The zero-order chi connectivity index (χ0) is 17.8. The Morgan fingerprint density at radius 2 is 1.92 bits per heavy atom. The number of nitrogens with one attached hydrogen (secondary N) is 1. The fourth-order valence-corrected chi connectivity index (χ4v) is 2.89. The van der Waals surface area contributed by atoms with E-state index < -0.39 is 12.1 Å². The van der Waals surface area contributed by atoms with Gasteiger partial charge >= 0.3 is 6.03 Å². The van der Waals surface area contributed by atoms with Crippen molar-refractivity contribution < 1.29 is 23.9 Å². The van der Waals surface area contributed by atoms with Crippen LogP contribution in [0.4, 0.5) is 4.79 Å². The Kier molecular flexibility index (Phi) is 5.18. The van der Waals surface area contributed by atoms with Gasteiger partial charge < -0.3 is 19.7 Å². The maximum Gasteiger partial charge on any atom is 0.325 e. The summed E-state index contributed by atoms with van der Waals surface area (Å²) >= 11 is 0.